The van der Waals surface area contributed by atoms with Gasteiger partial charge in [0.15, 0.2) is 5.76 Å². The minimum Gasteiger partial charge on any atom is -0.388 e. The summed E-state index contributed by atoms with van der Waals surface area (Å²) < 4.78 is 32.4. The van der Waals surface area contributed by atoms with E-state index in [4.69, 9.17) is 4.52 Å². The highest BCUT2D eigenvalue weighted by atomic mass is 19.1. The number of aromatic nitrogens is 1. The molecule has 0 fully saturated rings. The van der Waals surface area contributed by atoms with Crippen LogP contribution in [-0.2, 0) is 6.42 Å². The number of aliphatic hydroxyl groups excluding tert-OH is 1. The Labute approximate surface area is 148 Å². The van der Waals surface area contributed by atoms with Crippen molar-refractivity contribution >= 4 is 5.91 Å². The van der Waals surface area contributed by atoms with Gasteiger partial charge in [0, 0.05) is 19.0 Å². The van der Waals surface area contributed by atoms with Crippen molar-refractivity contribution in [2.75, 3.05) is 7.05 Å². The average Bonchev–Trinajstić information content (AvgIpc) is 3.05. The molecule has 3 rings (SSSR count). The van der Waals surface area contributed by atoms with Crippen LogP contribution in [0.4, 0.5) is 8.78 Å². The lowest BCUT2D eigenvalue weighted by Gasteiger charge is -2.10. The van der Waals surface area contributed by atoms with E-state index in [1.165, 1.54) is 49.5 Å². The van der Waals surface area contributed by atoms with Gasteiger partial charge in [-0.25, -0.2) is 8.78 Å². The van der Waals surface area contributed by atoms with Crippen molar-refractivity contribution in [2.24, 2.45) is 0 Å². The zero-order valence-corrected chi connectivity index (χ0v) is 13.9. The Morgan fingerprint density at radius 2 is 1.88 bits per heavy atom. The number of halogens is 2. The molecule has 0 aliphatic rings. The fraction of sp³-hybridized carbons (Fsp3) is 0.158. The van der Waals surface area contributed by atoms with Gasteiger partial charge >= 0.3 is 0 Å². The first-order valence-corrected chi connectivity index (χ1v) is 7.90. The molecule has 0 aliphatic carbocycles. The number of nitrogens with zero attached hydrogens (tertiary/aromatic N) is 1. The van der Waals surface area contributed by atoms with Crippen LogP contribution in [0.1, 0.15) is 27.8 Å². The molecule has 1 unspecified atom stereocenters. The predicted molar refractivity (Wildman–Crippen MR) is 90.4 cm³/mol. The third-order valence-electron chi connectivity index (χ3n) is 3.98. The van der Waals surface area contributed by atoms with E-state index in [-0.39, 0.29) is 29.0 Å². The van der Waals surface area contributed by atoms with Gasteiger partial charge in [0.05, 0.1) is 6.10 Å². The van der Waals surface area contributed by atoms with Gasteiger partial charge in [-0.1, -0.05) is 29.4 Å². The quantitative estimate of drug-likeness (QED) is 0.734. The highest BCUT2D eigenvalue weighted by Crippen LogP contribution is 2.30. The molecule has 3 aromatic rings. The van der Waals surface area contributed by atoms with Crippen molar-refractivity contribution in [1.29, 1.82) is 0 Å². The third-order valence-corrected chi connectivity index (χ3v) is 3.98. The summed E-state index contributed by atoms with van der Waals surface area (Å²) in [5, 5.41) is 16.7. The summed E-state index contributed by atoms with van der Waals surface area (Å²) in [5.41, 5.74) is 0.693. The monoisotopic (exact) mass is 358 g/mol. The number of nitrogens with one attached hydrogen (secondary N) is 1. The summed E-state index contributed by atoms with van der Waals surface area (Å²) in [7, 11) is 1.43. The van der Waals surface area contributed by atoms with Gasteiger partial charge in [-0.15, -0.1) is 0 Å². The van der Waals surface area contributed by atoms with Gasteiger partial charge in [0.25, 0.3) is 5.91 Å². The Morgan fingerprint density at radius 1 is 1.19 bits per heavy atom. The van der Waals surface area contributed by atoms with Gasteiger partial charge in [-0.05, 0) is 29.8 Å². The minimum absolute atomic E-state index is 0.0544. The lowest BCUT2D eigenvalue weighted by Crippen LogP contribution is -2.20. The smallest absolute Gasteiger partial charge is 0.256 e. The van der Waals surface area contributed by atoms with Crippen LogP contribution in [-0.4, -0.2) is 23.2 Å². The summed E-state index contributed by atoms with van der Waals surface area (Å²) in [6.45, 7) is 0. The van der Waals surface area contributed by atoms with Crippen LogP contribution in [0.5, 0.6) is 0 Å². The number of benzene rings is 2. The third kappa shape index (κ3) is 3.48. The van der Waals surface area contributed by atoms with Crippen LogP contribution in [0.25, 0.3) is 11.3 Å². The number of hydrogen-bond acceptors (Lipinski definition) is 4. The highest BCUT2D eigenvalue weighted by Gasteiger charge is 2.26. The molecule has 5 nitrogen and oxygen atoms in total. The van der Waals surface area contributed by atoms with E-state index >= 15 is 0 Å². The molecule has 26 heavy (non-hydrogen) atoms. The van der Waals surface area contributed by atoms with E-state index in [0.717, 1.165) is 0 Å². The molecule has 2 aromatic carbocycles. The molecule has 0 radical (unpaired) electrons. The highest BCUT2D eigenvalue weighted by molar-refractivity contribution is 6.00. The lowest BCUT2D eigenvalue weighted by atomic mass is 9.99. The second kappa shape index (κ2) is 7.45. The second-order valence-electron chi connectivity index (χ2n) is 5.66. The van der Waals surface area contributed by atoms with E-state index in [2.05, 4.69) is 10.5 Å². The molecule has 0 spiro atoms. The number of carbonyl (C=O) groups excluding carboxylic acids is 1. The zero-order chi connectivity index (χ0) is 18.7. The molecule has 134 valence electrons. The number of aliphatic hydroxyl groups is 1. The van der Waals surface area contributed by atoms with Gasteiger partial charge in [0.2, 0.25) is 0 Å². The standard InChI is InChI=1S/C19H16F2N2O3/c1-22-19(25)17-16(10-15(24)11-6-8-12(20)9-7-11)26-23-18(17)13-4-2-3-5-14(13)21/h2-9,15,24H,10H2,1H3,(H,22,25). The number of hydrogen-bond donors (Lipinski definition) is 2. The summed E-state index contributed by atoms with van der Waals surface area (Å²) in [5.74, 6) is -1.37. The molecule has 1 aromatic heterocycles. The molecule has 0 saturated carbocycles. The molecular weight excluding hydrogens is 342 g/mol. The molecule has 1 heterocycles. The molecule has 0 aliphatic heterocycles. The van der Waals surface area contributed by atoms with Crippen molar-refractivity contribution in [3.8, 4) is 11.3 Å². The summed E-state index contributed by atoms with van der Waals surface area (Å²) in [6.07, 6.45) is -1.11. The second-order valence-corrected chi connectivity index (χ2v) is 5.66. The first-order chi connectivity index (χ1) is 12.5. The summed E-state index contributed by atoms with van der Waals surface area (Å²) in [6, 6.07) is 11.2. The molecule has 0 bridgehead atoms. The molecule has 1 amide bonds. The Kier molecular flexibility index (Phi) is 5.09. The van der Waals surface area contributed by atoms with Crippen LogP contribution >= 0.6 is 0 Å². The maximum Gasteiger partial charge on any atom is 0.256 e. The lowest BCUT2D eigenvalue weighted by molar-refractivity contribution is 0.0959. The van der Waals surface area contributed by atoms with E-state index in [1.807, 2.05) is 0 Å². The summed E-state index contributed by atoms with van der Waals surface area (Å²) in [4.78, 5) is 12.3. The first-order valence-electron chi connectivity index (χ1n) is 7.90. The molecule has 0 saturated heterocycles. The molecular formula is C19H16F2N2O3. The van der Waals surface area contributed by atoms with E-state index < -0.39 is 23.6 Å². The maximum absolute atomic E-state index is 14.1. The van der Waals surface area contributed by atoms with Crippen LogP contribution in [0.15, 0.2) is 53.1 Å². The van der Waals surface area contributed by atoms with E-state index in [1.54, 1.807) is 6.07 Å². The van der Waals surface area contributed by atoms with Crippen LogP contribution in [0.3, 0.4) is 0 Å². The van der Waals surface area contributed by atoms with Gasteiger partial charge in [0.1, 0.15) is 22.9 Å². The van der Waals surface area contributed by atoms with Crippen molar-refractivity contribution in [2.45, 2.75) is 12.5 Å². The fourth-order valence-electron chi connectivity index (χ4n) is 2.64. The SMILES string of the molecule is CNC(=O)c1c(-c2ccccc2F)noc1CC(O)c1ccc(F)cc1. The van der Waals surface area contributed by atoms with Crippen LogP contribution < -0.4 is 5.32 Å². The molecule has 2 N–H and O–H groups in total. The van der Waals surface area contributed by atoms with Gasteiger partial charge in [-0.3, -0.25) is 4.79 Å². The molecule has 1 atom stereocenters. The Morgan fingerprint density at radius 3 is 2.54 bits per heavy atom. The average molecular weight is 358 g/mol. The Hall–Kier alpha value is -3.06. The topological polar surface area (TPSA) is 75.4 Å². The predicted octanol–water partition coefficient (Wildman–Crippen LogP) is 3.26. The van der Waals surface area contributed by atoms with E-state index in [9.17, 15) is 18.7 Å². The van der Waals surface area contributed by atoms with Crippen LogP contribution in [0, 0.1) is 11.6 Å². The largest absolute Gasteiger partial charge is 0.388 e. The Balaban J connectivity index is 1.98. The van der Waals surface area contributed by atoms with Crippen molar-refractivity contribution in [3.63, 3.8) is 0 Å². The van der Waals surface area contributed by atoms with E-state index in [0.29, 0.717) is 5.56 Å². The van der Waals surface area contributed by atoms with Gasteiger partial charge in [-0.2, -0.15) is 0 Å². The normalized spacial score (nSPS) is 12.0. The maximum atomic E-state index is 14.1. The molecule has 7 heteroatoms. The number of carbonyl (C=O) groups is 1. The van der Waals surface area contributed by atoms with Crippen molar-refractivity contribution < 1.29 is 23.2 Å². The fourth-order valence-corrected chi connectivity index (χ4v) is 2.64. The van der Waals surface area contributed by atoms with Crippen molar-refractivity contribution in [3.05, 3.63) is 77.1 Å². The van der Waals surface area contributed by atoms with Gasteiger partial charge < -0.3 is 14.9 Å². The van der Waals surface area contributed by atoms with Crippen LogP contribution in [0.2, 0.25) is 0 Å². The Bertz CT molecular complexity index is 923. The minimum atomic E-state index is -1.04. The van der Waals surface area contributed by atoms with Crippen molar-refractivity contribution in [1.82, 2.24) is 10.5 Å². The summed E-state index contributed by atoms with van der Waals surface area (Å²) >= 11 is 0. The first kappa shape index (κ1) is 17.8. The number of amides is 1. The number of rotatable bonds is 5. The zero-order valence-electron chi connectivity index (χ0n) is 13.9.